The molecule has 2 rings (SSSR count). The molecule has 0 saturated heterocycles. The minimum Gasteiger partial charge on any atom is -0.481 e. The highest BCUT2D eigenvalue weighted by atomic mass is 35.5. The summed E-state index contributed by atoms with van der Waals surface area (Å²) < 4.78 is 1.89. The fraction of sp³-hybridized carbons (Fsp3) is 0.125. The van der Waals surface area contributed by atoms with Crippen molar-refractivity contribution in [3.63, 3.8) is 0 Å². The van der Waals surface area contributed by atoms with Gasteiger partial charge in [-0.05, 0) is 12.1 Å². The number of thiophene rings is 1. The molecule has 90 valence electrons. The van der Waals surface area contributed by atoms with Crippen LogP contribution in [-0.4, -0.2) is 31.7 Å². The zero-order chi connectivity index (χ0) is 12.4. The van der Waals surface area contributed by atoms with Crippen LogP contribution in [0.15, 0.2) is 17.3 Å². The maximum Gasteiger partial charge on any atom is 0.313 e. The summed E-state index contributed by atoms with van der Waals surface area (Å²) in [5.74, 6) is 5.20. The van der Waals surface area contributed by atoms with Crippen LogP contribution in [0.2, 0.25) is 4.34 Å². The third kappa shape index (κ3) is 2.71. The Morgan fingerprint density at radius 1 is 1.59 bits per heavy atom. The first kappa shape index (κ1) is 12.2. The molecular formula is C8H7ClN4O2S2. The van der Waals surface area contributed by atoms with E-state index in [1.54, 1.807) is 12.1 Å². The average Bonchev–Trinajstić information content (AvgIpc) is 2.82. The number of nitrogens with zero attached hydrogens (tertiary/aromatic N) is 3. The molecule has 0 aliphatic rings. The average molecular weight is 291 g/mol. The van der Waals surface area contributed by atoms with E-state index < -0.39 is 5.97 Å². The predicted molar refractivity (Wildman–Crippen MR) is 66.9 cm³/mol. The summed E-state index contributed by atoms with van der Waals surface area (Å²) >= 11 is 8.15. The van der Waals surface area contributed by atoms with Crippen molar-refractivity contribution in [2.75, 3.05) is 11.6 Å². The van der Waals surface area contributed by atoms with Gasteiger partial charge in [0.25, 0.3) is 0 Å². The lowest BCUT2D eigenvalue weighted by molar-refractivity contribution is -0.133. The molecular weight excluding hydrogens is 284 g/mol. The van der Waals surface area contributed by atoms with Gasteiger partial charge in [-0.3, -0.25) is 4.79 Å². The highest BCUT2D eigenvalue weighted by Crippen LogP contribution is 2.30. The smallest absolute Gasteiger partial charge is 0.313 e. The summed E-state index contributed by atoms with van der Waals surface area (Å²) in [6.45, 7) is 0. The van der Waals surface area contributed by atoms with Crippen LogP contribution in [0.5, 0.6) is 0 Å². The van der Waals surface area contributed by atoms with Crippen molar-refractivity contribution in [3.8, 4) is 10.7 Å². The van der Waals surface area contributed by atoms with Crippen molar-refractivity contribution in [1.82, 2.24) is 14.9 Å². The Kier molecular flexibility index (Phi) is 3.55. The van der Waals surface area contributed by atoms with Gasteiger partial charge in [0.05, 0.1) is 15.0 Å². The van der Waals surface area contributed by atoms with E-state index in [-0.39, 0.29) is 5.75 Å². The van der Waals surface area contributed by atoms with E-state index in [0.29, 0.717) is 15.3 Å². The number of carboxylic acid groups (broad SMARTS) is 1. The first-order chi connectivity index (χ1) is 8.08. The number of aliphatic carboxylic acids is 1. The molecule has 0 bridgehead atoms. The summed E-state index contributed by atoms with van der Waals surface area (Å²) in [5.41, 5.74) is 0. The normalized spacial score (nSPS) is 10.6. The number of aromatic nitrogens is 3. The first-order valence-corrected chi connectivity index (χ1v) is 6.56. The number of nitrogen functional groups attached to an aromatic ring is 1. The lowest BCUT2D eigenvalue weighted by atomic mass is 10.4. The molecule has 2 heterocycles. The largest absolute Gasteiger partial charge is 0.481 e. The van der Waals surface area contributed by atoms with Gasteiger partial charge >= 0.3 is 5.97 Å². The standard InChI is InChI=1S/C8H7ClN4O2S2/c9-5-2-1-4(17-5)7-11-12-8(13(7)10)16-3-6(14)15/h1-2H,3,10H2,(H,14,15). The second-order valence-corrected chi connectivity index (χ2v) is 5.62. The minimum absolute atomic E-state index is 0.111. The molecule has 0 spiro atoms. The maximum absolute atomic E-state index is 10.4. The molecule has 17 heavy (non-hydrogen) atoms. The Hall–Kier alpha value is -1.25. The molecule has 9 heteroatoms. The lowest BCUT2D eigenvalue weighted by Crippen LogP contribution is -2.12. The molecule has 0 radical (unpaired) electrons. The van der Waals surface area contributed by atoms with E-state index in [0.717, 1.165) is 16.6 Å². The fourth-order valence-electron chi connectivity index (χ4n) is 1.10. The van der Waals surface area contributed by atoms with Crippen LogP contribution in [0.4, 0.5) is 0 Å². The molecule has 0 atom stereocenters. The van der Waals surface area contributed by atoms with Gasteiger partial charge in [-0.25, -0.2) is 4.68 Å². The quantitative estimate of drug-likeness (QED) is 0.655. The number of hydrogen-bond acceptors (Lipinski definition) is 6. The number of halogens is 1. The van der Waals surface area contributed by atoms with E-state index in [2.05, 4.69) is 10.2 Å². The van der Waals surface area contributed by atoms with Gasteiger partial charge < -0.3 is 10.9 Å². The van der Waals surface area contributed by atoms with E-state index >= 15 is 0 Å². The molecule has 6 nitrogen and oxygen atoms in total. The van der Waals surface area contributed by atoms with Crippen LogP contribution in [-0.2, 0) is 4.79 Å². The van der Waals surface area contributed by atoms with E-state index in [1.165, 1.54) is 16.0 Å². The van der Waals surface area contributed by atoms with Gasteiger partial charge in [0.15, 0.2) is 5.82 Å². The predicted octanol–water partition coefficient (Wildman–Crippen LogP) is 1.55. The van der Waals surface area contributed by atoms with E-state index in [1.807, 2.05) is 0 Å². The van der Waals surface area contributed by atoms with Crippen molar-refractivity contribution >= 4 is 40.7 Å². The molecule has 0 aliphatic heterocycles. The molecule has 0 aliphatic carbocycles. The molecule has 0 fully saturated rings. The Morgan fingerprint density at radius 3 is 2.94 bits per heavy atom. The van der Waals surface area contributed by atoms with E-state index in [4.69, 9.17) is 22.6 Å². The van der Waals surface area contributed by atoms with Crippen LogP contribution < -0.4 is 5.84 Å². The molecule has 3 N–H and O–H groups in total. The van der Waals surface area contributed by atoms with Crippen molar-refractivity contribution in [3.05, 3.63) is 16.5 Å². The molecule has 0 unspecified atom stereocenters. The summed E-state index contributed by atoms with van der Waals surface area (Å²) in [4.78, 5) is 11.2. The number of hydrogen-bond donors (Lipinski definition) is 2. The second kappa shape index (κ2) is 4.94. The number of thioether (sulfide) groups is 1. The second-order valence-electron chi connectivity index (χ2n) is 2.96. The van der Waals surface area contributed by atoms with Crippen LogP contribution >= 0.6 is 34.7 Å². The van der Waals surface area contributed by atoms with Crippen molar-refractivity contribution in [1.29, 1.82) is 0 Å². The maximum atomic E-state index is 10.4. The lowest BCUT2D eigenvalue weighted by Gasteiger charge is -1.99. The Balaban J connectivity index is 2.23. The topological polar surface area (TPSA) is 94.0 Å². The van der Waals surface area contributed by atoms with Gasteiger partial charge in [0, 0.05) is 0 Å². The number of carboxylic acids is 1. The Morgan fingerprint density at radius 2 is 2.35 bits per heavy atom. The number of carbonyl (C=O) groups is 1. The minimum atomic E-state index is -0.932. The van der Waals surface area contributed by atoms with Gasteiger partial charge in [0.1, 0.15) is 0 Å². The highest BCUT2D eigenvalue weighted by Gasteiger charge is 2.14. The van der Waals surface area contributed by atoms with Gasteiger partial charge in [-0.15, -0.1) is 21.5 Å². The van der Waals surface area contributed by atoms with Crippen molar-refractivity contribution < 1.29 is 9.90 Å². The third-order valence-corrected chi connectivity index (χ3v) is 3.94. The molecule has 0 amide bonds. The molecule has 0 saturated carbocycles. The molecule has 2 aromatic rings. The first-order valence-electron chi connectivity index (χ1n) is 4.38. The molecule has 2 aromatic heterocycles. The van der Waals surface area contributed by atoms with Crippen LogP contribution in [0, 0.1) is 0 Å². The zero-order valence-electron chi connectivity index (χ0n) is 8.33. The molecule has 0 aromatic carbocycles. The fourth-order valence-corrected chi connectivity index (χ4v) is 2.71. The van der Waals surface area contributed by atoms with Crippen LogP contribution in [0.1, 0.15) is 0 Å². The van der Waals surface area contributed by atoms with E-state index in [9.17, 15) is 4.79 Å². The summed E-state index contributed by atoms with van der Waals surface area (Å²) in [6, 6.07) is 3.52. The summed E-state index contributed by atoms with van der Waals surface area (Å²) in [6.07, 6.45) is 0. The monoisotopic (exact) mass is 290 g/mol. The number of rotatable bonds is 4. The highest BCUT2D eigenvalue weighted by molar-refractivity contribution is 7.99. The zero-order valence-corrected chi connectivity index (χ0v) is 10.7. The van der Waals surface area contributed by atoms with Crippen LogP contribution in [0.3, 0.4) is 0 Å². The number of nitrogens with two attached hydrogens (primary N) is 1. The van der Waals surface area contributed by atoms with Gasteiger partial charge in [0.2, 0.25) is 5.16 Å². The third-order valence-electron chi connectivity index (χ3n) is 1.78. The van der Waals surface area contributed by atoms with Crippen LogP contribution in [0.25, 0.3) is 10.7 Å². The Bertz CT molecular complexity index is 553. The summed E-state index contributed by atoms with van der Waals surface area (Å²) in [7, 11) is 0. The van der Waals surface area contributed by atoms with Gasteiger partial charge in [-0.2, -0.15) is 0 Å². The summed E-state index contributed by atoms with van der Waals surface area (Å²) in [5, 5.41) is 16.6. The van der Waals surface area contributed by atoms with Gasteiger partial charge in [-0.1, -0.05) is 23.4 Å². The Labute approximate surface area is 109 Å². The van der Waals surface area contributed by atoms with Crippen molar-refractivity contribution in [2.45, 2.75) is 5.16 Å². The SMILES string of the molecule is Nn1c(SCC(=O)O)nnc1-c1ccc(Cl)s1. The van der Waals surface area contributed by atoms with Crippen molar-refractivity contribution in [2.24, 2.45) is 0 Å².